The molecule has 1 aliphatic rings. The fourth-order valence-corrected chi connectivity index (χ4v) is 4.57. The summed E-state index contributed by atoms with van der Waals surface area (Å²) >= 11 is 0. The topological polar surface area (TPSA) is 95.6 Å². The van der Waals surface area contributed by atoms with Crippen molar-refractivity contribution in [1.82, 2.24) is 5.32 Å². The van der Waals surface area contributed by atoms with Gasteiger partial charge in [0.15, 0.2) is 9.84 Å². The van der Waals surface area contributed by atoms with E-state index in [1.807, 2.05) is 31.2 Å². The molecule has 0 saturated carbocycles. The number of hydrogen-bond acceptors (Lipinski definition) is 5. The van der Waals surface area contributed by atoms with Gasteiger partial charge in [-0.25, -0.2) is 8.42 Å². The Hall–Kier alpha value is -2.09. The maximum atomic E-state index is 12.8. The Balaban J connectivity index is 2.07. The van der Waals surface area contributed by atoms with Gasteiger partial charge in [-0.05, 0) is 58.2 Å². The van der Waals surface area contributed by atoms with Crippen molar-refractivity contribution in [3.05, 3.63) is 24.3 Å². The van der Waals surface area contributed by atoms with E-state index in [1.165, 1.54) is 19.8 Å². The minimum Gasteiger partial charge on any atom is -0.371 e. The normalized spacial score (nSPS) is 16.5. The summed E-state index contributed by atoms with van der Waals surface area (Å²) in [6.07, 6.45) is 3.44. The highest BCUT2D eigenvalue weighted by Crippen LogP contribution is 2.23. The van der Waals surface area contributed by atoms with Crippen molar-refractivity contribution in [3.63, 3.8) is 0 Å². The molecule has 2 amide bonds. The second kappa shape index (κ2) is 10.1. The molecule has 8 heteroatoms. The van der Waals surface area contributed by atoms with Crippen LogP contribution in [0.2, 0.25) is 0 Å². The Morgan fingerprint density at radius 3 is 2.34 bits per heavy atom. The lowest BCUT2D eigenvalue weighted by atomic mass is 10.1. The fourth-order valence-electron chi connectivity index (χ4n) is 3.39. The van der Waals surface area contributed by atoms with Crippen LogP contribution in [0, 0.1) is 0 Å². The summed E-state index contributed by atoms with van der Waals surface area (Å²) in [6.45, 7) is 8.38. The first-order valence-electron chi connectivity index (χ1n) is 10.4. The van der Waals surface area contributed by atoms with Crippen molar-refractivity contribution in [2.75, 3.05) is 23.3 Å². The number of anilines is 2. The predicted octanol–water partition coefficient (Wildman–Crippen LogP) is 2.72. The fraction of sp³-hybridized carbons (Fsp3) is 0.619. The Kier molecular flexibility index (Phi) is 8.07. The minimum absolute atomic E-state index is 0.340. The van der Waals surface area contributed by atoms with E-state index in [0.29, 0.717) is 18.5 Å². The molecule has 0 spiro atoms. The van der Waals surface area contributed by atoms with Crippen LogP contribution in [0.15, 0.2) is 24.3 Å². The van der Waals surface area contributed by atoms with E-state index in [9.17, 15) is 18.0 Å². The average Bonchev–Trinajstić information content (AvgIpc) is 3.21. The van der Waals surface area contributed by atoms with E-state index in [1.54, 1.807) is 13.8 Å². The summed E-state index contributed by atoms with van der Waals surface area (Å²) in [5, 5.41) is 3.64. The average molecular weight is 424 g/mol. The molecule has 0 aromatic heterocycles. The highest BCUT2D eigenvalue weighted by Gasteiger charge is 2.33. The first kappa shape index (κ1) is 23.2. The van der Waals surface area contributed by atoms with Crippen LogP contribution in [0.4, 0.5) is 11.4 Å². The molecule has 2 rings (SSSR count). The van der Waals surface area contributed by atoms with E-state index < -0.39 is 32.3 Å². The summed E-state index contributed by atoms with van der Waals surface area (Å²) < 4.78 is 24.5. The van der Waals surface area contributed by atoms with Crippen molar-refractivity contribution in [2.24, 2.45) is 0 Å². The summed E-state index contributed by atoms with van der Waals surface area (Å²) in [5.41, 5.74) is 1.73. The van der Waals surface area contributed by atoms with Crippen LogP contribution in [0.5, 0.6) is 0 Å². The van der Waals surface area contributed by atoms with Gasteiger partial charge in [0.2, 0.25) is 11.8 Å². The van der Waals surface area contributed by atoms with Crippen LogP contribution in [-0.4, -0.2) is 49.9 Å². The quantitative estimate of drug-likeness (QED) is 0.637. The number of benzene rings is 1. The number of carbonyl (C=O) groups is 2. The smallest absolute Gasteiger partial charge is 0.246 e. The largest absolute Gasteiger partial charge is 0.371 e. The molecular weight excluding hydrogens is 390 g/mol. The van der Waals surface area contributed by atoms with E-state index in [2.05, 4.69) is 15.5 Å². The van der Waals surface area contributed by atoms with Gasteiger partial charge in [-0.1, -0.05) is 19.4 Å². The zero-order valence-corrected chi connectivity index (χ0v) is 18.6. The molecule has 2 unspecified atom stereocenters. The number of nitrogens with zero attached hydrogens (tertiary/aromatic N) is 1. The van der Waals surface area contributed by atoms with Gasteiger partial charge in [0, 0.05) is 24.5 Å². The van der Waals surface area contributed by atoms with Crippen molar-refractivity contribution >= 4 is 33.0 Å². The maximum Gasteiger partial charge on any atom is 0.246 e. The van der Waals surface area contributed by atoms with Gasteiger partial charge in [-0.15, -0.1) is 0 Å². The molecule has 1 fully saturated rings. The van der Waals surface area contributed by atoms with Gasteiger partial charge in [-0.3, -0.25) is 9.59 Å². The van der Waals surface area contributed by atoms with Crippen LogP contribution >= 0.6 is 0 Å². The number of rotatable bonds is 9. The van der Waals surface area contributed by atoms with E-state index >= 15 is 0 Å². The van der Waals surface area contributed by atoms with Crippen LogP contribution in [-0.2, 0) is 19.4 Å². The molecule has 1 aromatic rings. The zero-order chi connectivity index (χ0) is 21.6. The number of carbonyl (C=O) groups excluding carboxylic acids is 2. The van der Waals surface area contributed by atoms with Gasteiger partial charge in [0.1, 0.15) is 11.3 Å². The number of sulfone groups is 1. The van der Waals surface area contributed by atoms with Crippen LogP contribution in [0.1, 0.15) is 53.4 Å². The highest BCUT2D eigenvalue weighted by molar-refractivity contribution is 7.93. The summed E-state index contributed by atoms with van der Waals surface area (Å²) in [5.74, 6) is -0.981. The molecule has 0 radical (unpaired) electrons. The first-order valence-corrected chi connectivity index (χ1v) is 12.0. The molecule has 162 valence electrons. The second-order valence-corrected chi connectivity index (χ2v) is 10.7. The number of nitrogens with one attached hydrogen (secondary N) is 2. The van der Waals surface area contributed by atoms with Crippen molar-refractivity contribution < 1.29 is 18.0 Å². The van der Waals surface area contributed by atoms with Crippen molar-refractivity contribution in [1.29, 1.82) is 0 Å². The molecule has 0 bridgehead atoms. The van der Waals surface area contributed by atoms with Gasteiger partial charge >= 0.3 is 0 Å². The zero-order valence-electron chi connectivity index (χ0n) is 17.8. The monoisotopic (exact) mass is 423 g/mol. The molecule has 1 saturated heterocycles. The van der Waals surface area contributed by atoms with Gasteiger partial charge in [0.25, 0.3) is 0 Å². The van der Waals surface area contributed by atoms with Crippen molar-refractivity contribution in [2.45, 2.75) is 69.9 Å². The molecule has 1 aliphatic heterocycles. The summed E-state index contributed by atoms with van der Waals surface area (Å²) in [7, 11) is -3.59. The Labute approximate surface area is 174 Å². The van der Waals surface area contributed by atoms with E-state index in [4.69, 9.17) is 0 Å². The van der Waals surface area contributed by atoms with Crippen LogP contribution < -0.4 is 15.5 Å². The molecule has 2 N–H and O–H groups in total. The Morgan fingerprint density at radius 1 is 1.10 bits per heavy atom. The lowest BCUT2D eigenvalue weighted by Crippen LogP contribution is -2.49. The van der Waals surface area contributed by atoms with E-state index in [0.717, 1.165) is 18.8 Å². The standard InChI is InChI=1S/C21H33N3O4S/c1-5-9-19(23-20(25)16(4)29(27,28)15(2)3)21(26)22-17-10-8-11-18(14-17)24-12-6-7-13-24/h8,10-11,14-16,19H,5-7,9,12-13H2,1-4H3,(H,22,26)(H,23,25). The number of hydrogen-bond donors (Lipinski definition) is 2. The Bertz CT molecular complexity index is 817. The lowest BCUT2D eigenvalue weighted by molar-refractivity contribution is -0.126. The lowest BCUT2D eigenvalue weighted by Gasteiger charge is -2.22. The minimum atomic E-state index is -3.59. The molecule has 1 aromatic carbocycles. The summed E-state index contributed by atoms with van der Waals surface area (Å²) in [6, 6.07) is 6.87. The highest BCUT2D eigenvalue weighted by atomic mass is 32.2. The maximum absolute atomic E-state index is 12.8. The van der Waals surface area contributed by atoms with Gasteiger partial charge in [0.05, 0.1) is 5.25 Å². The molecule has 1 heterocycles. The van der Waals surface area contributed by atoms with Gasteiger partial charge in [-0.2, -0.15) is 0 Å². The number of amides is 2. The molecule has 29 heavy (non-hydrogen) atoms. The van der Waals surface area contributed by atoms with Gasteiger partial charge < -0.3 is 15.5 Å². The van der Waals surface area contributed by atoms with Crippen molar-refractivity contribution in [3.8, 4) is 0 Å². The summed E-state index contributed by atoms with van der Waals surface area (Å²) in [4.78, 5) is 27.6. The van der Waals surface area contributed by atoms with E-state index in [-0.39, 0.29) is 5.91 Å². The Morgan fingerprint density at radius 2 is 1.76 bits per heavy atom. The first-order chi connectivity index (χ1) is 13.7. The third kappa shape index (κ3) is 5.95. The van der Waals surface area contributed by atoms with Crippen LogP contribution in [0.3, 0.4) is 0 Å². The third-order valence-electron chi connectivity index (χ3n) is 5.31. The molecule has 7 nitrogen and oxygen atoms in total. The molecular formula is C21H33N3O4S. The predicted molar refractivity (Wildman–Crippen MR) is 117 cm³/mol. The SMILES string of the molecule is CCCC(NC(=O)C(C)S(=O)(=O)C(C)C)C(=O)Nc1cccc(N2CCCC2)c1. The second-order valence-electron chi connectivity index (χ2n) is 7.86. The molecule has 0 aliphatic carbocycles. The molecule has 2 atom stereocenters. The third-order valence-corrected chi connectivity index (χ3v) is 7.83. The van der Waals surface area contributed by atoms with Crippen LogP contribution in [0.25, 0.3) is 0 Å².